The molecule has 3 nitrogen and oxygen atoms in total. The number of aryl methyl sites for hydroxylation is 1. The molecule has 0 aliphatic carbocycles. The zero-order chi connectivity index (χ0) is 14.3. The lowest BCUT2D eigenvalue weighted by Crippen LogP contribution is -2.35. The first-order chi connectivity index (χ1) is 9.01. The molecule has 0 unspecified atom stereocenters. The minimum Gasteiger partial charge on any atom is -0.212 e. The smallest absolute Gasteiger partial charge is 0.212 e. The van der Waals surface area contributed by atoms with Crippen LogP contribution >= 0.6 is 0 Å². The van der Waals surface area contributed by atoms with Crippen LogP contribution in [0.25, 0.3) is 0 Å². The fourth-order valence-electron chi connectivity index (χ4n) is 1.96. The Kier molecular flexibility index (Phi) is 6.45. The average molecular weight is 287 g/mol. The van der Waals surface area contributed by atoms with Gasteiger partial charge in [-0.15, -0.1) is 0 Å². The Labute approximate surface area is 115 Å². The van der Waals surface area contributed by atoms with Gasteiger partial charge < -0.3 is 0 Å². The molecular formula is C14H22FNO2S. The maximum atomic E-state index is 13.5. The van der Waals surface area contributed by atoms with Crippen molar-refractivity contribution in [2.45, 2.75) is 33.1 Å². The largest absolute Gasteiger partial charge is 0.214 e. The number of halogens is 1. The van der Waals surface area contributed by atoms with Gasteiger partial charge in [-0.3, -0.25) is 0 Å². The normalized spacial score (nSPS) is 12.0. The fourth-order valence-corrected chi connectivity index (χ4v) is 3.62. The highest BCUT2D eigenvalue weighted by Crippen LogP contribution is 2.11. The fraction of sp³-hybridized carbons (Fsp3) is 0.571. The van der Waals surface area contributed by atoms with Gasteiger partial charge in [0.2, 0.25) is 10.0 Å². The molecule has 0 atom stereocenters. The van der Waals surface area contributed by atoms with Crippen LogP contribution in [0.2, 0.25) is 0 Å². The van der Waals surface area contributed by atoms with Gasteiger partial charge in [-0.25, -0.2) is 17.1 Å². The Morgan fingerprint density at radius 3 is 2.21 bits per heavy atom. The molecule has 0 bridgehead atoms. The van der Waals surface area contributed by atoms with E-state index in [0.717, 1.165) is 12.8 Å². The van der Waals surface area contributed by atoms with Gasteiger partial charge in [-0.05, 0) is 30.9 Å². The van der Waals surface area contributed by atoms with Gasteiger partial charge in [0.1, 0.15) is 5.82 Å². The summed E-state index contributed by atoms with van der Waals surface area (Å²) in [6, 6.07) is 6.32. The second-order valence-corrected chi connectivity index (χ2v) is 6.64. The Balaban J connectivity index is 2.71. The molecule has 0 N–H and O–H groups in total. The van der Waals surface area contributed by atoms with E-state index in [1.54, 1.807) is 18.2 Å². The molecule has 0 saturated carbocycles. The topological polar surface area (TPSA) is 37.4 Å². The molecule has 0 aliphatic rings. The third-order valence-electron chi connectivity index (χ3n) is 2.93. The second-order valence-electron chi connectivity index (χ2n) is 4.56. The quantitative estimate of drug-likeness (QED) is 0.737. The minimum absolute atomic E-state index is 0.0338. The van der Waals surface area contributed by atoms with Crippen LogP contribution < -0.4 is 0 Å². The maximum Gasteiger partial charge on any atom is 0.214 e. The van der Waals surface area contributed by atoms with Crippen LogP contribution in [-0.4, -0.2) is 31.6 Å². The van der Waals surface area contributed by atoms with E-state index >= 15 is 0 Å². The molecule has 0 aliphatic heterocycles. The molecule has 0 saturated heterocycles. The second kappa shape index (κ2) is 7.60. The van der Waals surface area contributed by atoms with Gasteiger partial charge in [0.25, 0.3) is 0 Å². The van der Waals surface area contributed by atoms with Gasteiger partial charge in [0.05, 0.1) is 5.75 Å². The predicted octanol–water partition coefficient (Wildman–Crippen LogP) is 2.82. The van der Waals surface area contributed by atoms with E-state index in [0.29, 0.717) is 18.7 Å². The van der Waals surface area contributed by atoms with Gasteiger partial charge in [0.15, 0.2) is 0 Å². The van der Waals surface area contributed by atoms with Crippen LogP contribution in [0.4, 0.5) is 4.39 Å². The highest BCUT2D eigenvalue weighted by Gasteiger charge is 2.20. The minimum atomic E-state index is -3.29. The molecule has 0 aromatic heterocycles. The molecule has 1 rings (SSSR count). The van der Waals surface area contributed by atoms with E-state index in [4.69, 9.17) is 0 Å². The van der Waals surface area contributed by atoms with Crippen LogP contribution in [0.5, 0.6) is 0 Å². The number of nitrogens with zero attached hydrogens (tertiary/aromatic N) is 1. The summed E-state index contributed by atoms with van der Waals surface area (Å²) in [5.41, 5.74) is 0.457. The summed E-state index contributed by atoms with van der Waals surface area (Å²) in [7, 11) is -3.29. The molecule has 0 spiro atoms. The molecule has 0 radical (unpaired) electrons. The summed E-state index contributed by atoms with van der Waals surface area (Å²) in [6.45, 7) is 4.98. The van der Waals surface area contributed by atoms with Gasteiger partial charge in [-0.2, -0.15) is 0 Å². The number of benzene rings is 1. The monoisotopic (exact) mass is 287 g/mol. The van der Waals surface area contributed by atoms with Crippen molar-refractivity contribution in [2.75, 3.05) is 18.8 Å². The molecule has 1 aromatic carbocycles. The first-order valence-electron chi connectivity index (χ1n) is 6.72. The van der Waals surface area contributed by atoms with Crippen LogP contribution in [0, 0.1) is 5.82 Å². The van der Waals surface area contributed by atoms with Crippen molar-refractivity contribution in [3.63, 3.8) is 0 Å². The van der Waals surface area contributed by atoms with Gasteiger partial charge in [-0.1, -0.05) is 32.0 Å². The molecular weight excluding hydrogens is 265 g/mol. The number of sulfonamides is 1. The molecule has 5 heteroatoms. The summed E-state index contributed by atoms with van der Waals surface area (Å²) in [5.74, 6) is -0.372. The van der Waals surface area contributed by atoms with Gasteiger partial charge in [0, 0.05) is 13.1 Å². The van der Waals surface area contributed by atoms with E-state index in [-0.39, 0.29) is 18.0 Å². The first kappa shape index (κ1) is 16.1. The molecule has 1 aromatic rings. The van der Waals surface area contributed by atoms with E-state index in [9.17, 15) is 12.8 Å². The molecule has 108 valence electrons. The summed E-state index contributed by atoms with van der Waals surface area (Å²) in [5, 5.41) is 0. The maximum absolute atomic E-state index is 13.5. The third-order valence-corrected chi connectivity index (χ3v) is 4.80. The van der Waals surface area contributed by atoms with Crippen molar-refractivity contribution in [3.8, 4) is 0 Å². The van der Waals surface area contributed by atoms with E-state index < -0.39 is 10.0 Å². The van der Waals surface area contributed by atoms with Crippen molar-refractivity contribution in [2.24, 2.45) is 0 Å². The van der Waals surface area contributed by atoms with Crippen LogP contribution in [0.1, 0.15) is 32.3 Å². The Bertz CT molecular complexity index is 482. The highest BCUT2D eigenvalue weighted by molar-refractivity contribution is 7.89. The number of hydrogen-bond donors (Lipinski definition) is 0. The predicted molar refractivity (Wildman–Crippen MR) is 76.0 cm³/mol. The first-order valence-corrected chi connectivity index (χ1v) is 8.33. The van der Waals surface area contributed by atoms with Crippen molar-refractivity contribution in [1.29, 1.82) is 0 Å². The average Bonchev–Trinajstić information content (AvgIpc) is 2.37. The summed E-state index contributed by atoms with van der Waals surface area (Å²) >= 11 is 0. The SMILES string of the molecule is CCCN(CCC)S(=O)(=O)CCc1ccccc1F. The Morgan fingerprint density at radius 2 is 1.68 bits per heavy atom. The molecule has 19 heavy (non-hydrogen) atoms. The standard InChI is InChI=1S/C14H22FNO2S/c1-3-10-16(11-4-2)19(17,18)12-9-13-7-5-6-8-14(13)15/h5-8H,3-4,9-12H2,1-2H3. The van der Waals surface area contributed by atoms with Crippen molar-refractivity contribution in [3.05, 3.63) is 35.6 Å². The lowest BCUT2D eigenvalue weighted by atomic mass is 10.2. The Hall–Kier alpha value is -0.940. The van der Waals surface area contributed by atoms with Crippen LogP contribution in [0.3, 0.4) is 0 Å². The van der Waals surface area contributed by atoms with E-state index in [2.05, 4.69) is 0 Å². The van der Waals surface area contributed by atoms with Crippen LogP contribution in [-0.2, 0) is 16.4 Å². The zero-order valence-electron chi connectivity index (χ0n) is 11.6. The third kappa shape index (κ3) is 4.91. The van der Waals surface area contributed by atoms with Crippen molar-refractivity contribution < 1.29 is 12.8 Å². The van der Waals surface area contributed by atoms with E-state index in [1.807, 2.05) is 13.8 Å². The number of hydrogen-bond acceptors (Lipinski definition) is 2. The van der Waals surface area contributed by atoms with Crippen LogP contribution in [0.15, 0.2) is 24.3 Å². The molecule has 0 heterocycles. The lowest BCUT2D eigenvalue weighted by molar-refractivity contribution is 0.409. The summed E-state index contributed by atoms with van der Waals surface area (Å²) in [4.78, 5) is 0. The van der Waals surface area contributed by atoms with Crippen molar-refractivity contribution >= 4 is 10.0 Å². The van der Waals surface area contributed by atoms with E-state index in [1.165, 1.54) is 10.4 Å². The lowest BCUT2D eigenvalue weighted by Gasteiger charge is -2.20. The molecule has 0 fully saturated rings. The summed E-state index contributed by atoms with van der Waals surface area (Å²) in [6.07, 6.45) is 1.80. The zero-order valence-corrected chi connectivity index (χ0v) is 12.4. The molecule has 0 amide bonds. The Morgan fingerprint density at radius 1 is 1.11 bits per heavy atom. The van der Waals surface area contributed by atoms with Gasteiger partial charge >= 0.3 is 0 Å². The summed E-state index contributed by atoms with van der Waals surface area (Å²) < 4.78 is 39.4. The van der Waals surface area contributed by atoms with Crippen molar-refractivity contribution in [1.82, 2.24) is 4.31 Å². The number of rotatable bonds is 8. The highest BCUT2D eigenvalue weighted by atomic mass is 32.2.